The second kappa shape index (κ2) is 3.19. The topological polar surface area (TPSA) is 99.8 Å². The van der Waals surface area contributed by atoms with Gasteiger partial charge in [0.25, 0.3) is 0 Å². The number of carbonyl (C=O) groups excluding carboxylic acids is 2. The third kappa shape index (κ3) is 1.11. The van der Waals surface area contributed by atoms with Crippen LogP contribution in [0.4, 0.5) is 11.5 Å². The Balaban J connectivity index is 2.06. The maximum Gasteiger partial charge on any atom is 0.241 e. The SMILES string of the molecule is O=C1CC2(C(=O)Nc3ccccc32)c2nn[nH]c2N1. The van der Waals surface area contributed by atoms with Gasteiger partial charge in [-0.25, -0.2) is 5.10 Å². The number of para-hydroxylation sites is 1. The molecule has 94 valence electrons. The average molecular weight is 255 g/mol. The van der Waals surface area contributed by atoms with Crippen LogP contribution >= 0.6 is 0 Å². The van der Waals surface area contributed by atoms with Crippen molar-refractivity contribution < 1.29 is 9.59 Å². The Morgan fingerprint density at radius 1 is 1.16 bits per heavy atom. The number of anilines is 2. The summed E-state index contributed by atoms with van der Waals surface area (Å²) in [7, 11) is 0. The molecule has 19 heavy (non-hydrogen) atoms. The number of amides is 2. The molecule has 1 aromatic heterocycles. The zero-order valence-electron chi connectivity index (χ0n) is 9.73. The molecule has 3 heterocycles. The van der Waals surface area contributed by atoms with Gasteiger partial charge in [-0.15, -0.1) is 5.10 Å². The number of benzene rings is 1. The summed E-state index contributed by atoms with van der Waals surface area (Å²) >= 11 is 0. The molecule has 7 heteroatoms. The predicted molar refractivity (Wildman–Crippen MR) is 65.5 cm³/mol. The minimum Gasteiger partial charge on any atom is -0.325 e. The summed E-state index contributed by atoms with van der Waals surface area (Å²) in [5.41, 5.74) is 0.886. The largest absolute Gasteiger partial charge is 0.325 e. The molecule has 4 rings (SSSR count). The van der Waals surface area contributed by atoms with Gasteiger partial charge in [-0.2, -0.15) is 0 Å². The summed E-state index contributed by atoms with van der Waals surface area (Å²) in [6.45, 7) is 0. The average Bonchev–Trinajstić information content (AvgIpc) is 2.95. The van der Waals surface area contributed by atoms with Gasteiger partial charge in [0.2, 0.25) is 11.8 Å². The minimum atomic E-state index is -1.07. The Kier molecular flexibility index (Phi) is 1.72. The first-order valence-electron chi connectivity index (χ1n) is 5.84. The van der Waals surface area contributed by atoms with E-state index in [9.17, 15) is 9.59 Å². The summed E-state index contributed by atoms with van der Waals surface area (Å²) < 4.78 is 0. The lowest BCUT2D eigenvalue weighted by molar-refractivity contribution is -0.125. The molecular formula is C12H9N5O2. The van der Waals surface area contributed by atoms with Crippen molar-refractivity contribution in [3.05, 3.63) is 35.5 Å². The molecule has 0 saturated carbocycles. The van der Waals surface area contributed by atoms with E-state index in [1.807, 2.05) is 24.3 Å². The van der Waals surface area contributed by atoms with Gasteiger partial charge in [0, 0.05) is 5.69 Å². The van der Waals surface area contributed by atoms with E-state index in [1.54, 1.807) is 0 Å². The van der Waals surface area contributed by atoms with E-state index in [0.717, 1.165) is 11.3 Å². The van der Waals surface area contributed by atoms with E-state index >= 15 is 0 Å². The van der Waals surface area contributed by atoms with Crippen molar-refractivity contribution in [2.45, 2.75) is 11.8 Å². The monoisotopic (exact) mass is 255 g/mol. The van der Waals surface area contributed by atoms with Crippen molar-refractivity contribution in [2.24, 2.45) is 0 Å². The van der Waals surface area contributed by atoms with E-state index in [1.165, 1.54) is 0 Å². The lowest BCUT2D eigenvalue weighted by Gasteiger charge is -2.29. The molecule has 1 spiro atoms. The molecule has 0 bridgehead atoms. The van der Waals surface area contributed by atoms with E-state index in [2.05, 4.69) is 26.0 Å². The number of carbonyl (C=O) groups is 2. The molecule has 1 unspecified atom stereocenters. The van der Waals surface area contributed by atoms with Crippen LogP contribution < -0.4 is 10.6 Å². The van der Waals surface area contributed by atoms with Crippen LogP contribution in [0, 0.1) is 0 Å². The number of aromatic amines is 1. The maximum absolute atomic E-state index is 12.4. The Morgan fingerprint density at radius 2 is 2.00 bits per heavy atom. The number of rotatable bonds is 0. The highest BCUT2D eigenvalue weighted by Crippen LogP contribution is 2.48. The first kappa shape index (κ1) is 10.2. The number of fused-ring (bicyclic) bond motifs is 4. The normalized spacial score (nSPS) is 23.8. The van der Waals surface area contributed by atoms with Crippen LogP contribution in [0.5, 0.6) is 0 Å². The Morgan fingerprint density at radius 3 is 2.89 bits per heavy atom. The van der Waals surface area contributed by atoms with Crippen molar-refractivity contribution in [1.82, 2.24) is 15.4 Å². The Labute approximate surface area is 107 Å². The van der Waals surface area contributed by atoms with Crippen LogP contribution in [-0.2, 0) is 15.0 Å². The number of nitrogens with zero attached hydrogens (tertiary/aromatic N) is 2. The summed E-state index contributed by atoms with van der Waals surface area (Å²) in [5.74, 6) is -0.0767. The molecule has 2 aromatic rings. The van der Waals surface area contributed by atoms with Gasteiger partial charge in [0.15, 0.2) is 5.82 Å². The quantitative estimate of drug-likeness (QED) is 0.633. The van der Waals surface area contributed by atoms with Crippen LogP contribution in [0.25, 0.3) is 0 Å². The molecule has 0 radical (unpaired) electrons. The van der Waals surface area contributed by atoms with Gasteiger partial charge in [-0.3, -0.25) is 9.59 Å². The second-order valence-electron chi connectivity index (χ2n) is 4.67. The number of hydrogen-bond acceptors (Lipinski definition) is 4. The first-order chi connectivity index (χ1) is 9.22. The minimum absolute atomic E-state index is 0.0371. The van der Waals surface area contributed by atoms with Gasteiger partial charge in [-0.1, -0.05) is 23.4 Å². The van der Waals surface area contributed by atoms with Gasteiger partial charge < -0.3 is 10.6 Å². The van der Waals surface area contributed by atoms with Crippen molar-refractivity contribution in [3.8, 4) is 0 Å². The van der Waals surface area contributed by atoms with Crippen LogP contribution in [0.1, 0.15) is 17.7 Å². The third-order valence-electron chi connectivity index (χ3n) is 3.67. The number of hydrogen-bond donors (Lipinski definition) is 3. The standard InChI is InChI=1S/C12H9N5O2/c18-8-5-12(9-10(14-8)16-17-15-9)6-3-1-2-4-7(6)13-11(12)19/h1-4H,5H2,(H,13,19)(H2,14,15,16,17,18). The van der Waals surface area contributed by atoms with E-state index in [4.69, 9.17) is 0 Å². The highest BCUT2D eigenvalue weighted by molar-refractivity contribution is 6.14. The predicted octanol–water partition coefficient (Wildman–Crippen LogP) is 0.385. The summed E-state index contributed by atoms with van der Waals surface area (Å²) in [6.07, 6.45) is 0.0371. The second-order valence-corrected chi connectivity index (χ2v) is 4.67. The molecule has 0 saturated heterocycles. The molecular weight excluding hydrogens is 246 g/mol. The van der Waals surface area contributed by atoms with Crippen molar-refractivity contribution in [2.75, 3.05) is 10.6 Å². The summed E-state index contributed by atoms with van der Waals surface area (Å²) in [5, 5.41) is 15.8. The fraction of sp³-hybridized carbons (Fsp3) is 0.167. The van der Waals surface area contributed by atoms with Crippen LogP contribution in [-0.4, -0.2) is 27.2 Å². The van der Waals surface area contributed by atoms with Crippen LogP contribution in [0.2, 0.25) is 0 Å². The molecule has 7 nitrogen and oxygen atoms in total. The van der Waals surface area contributed by atoms with Crippen molar-refractivity contribution in [3.63, 3.8) is 0 Å². The van der Waals surface area contributed by atoms with Gasteiger partial charge in [0.05, 0.1) is 6.42 Å². The van der Waals surface area contributed by atoms with Crippen molar-refractivity contribution in [1.29, 1.82) is 0 Å². The molecule has 1 atom stereocenters. The molecule has 2 aliphatic rings. The smallest absolute Gasteiger partial charge is 0.241 e. The highest BCUT2D eigenvalue weighted by atomic mass is 16.2. The fourth-order valence-corrected chi connectivity index (χ4v) is 2.85. The van der Waals surface area contributed by atoms with Gasteiger partial charge in [-0.05, 0) is 11.6 Å². The maximum atomic E-state index is 12.4. The highest BCUT2D eigenvalue weighted by Gasteiger charge is 2.55. The number of nitrogens with one attached hydrogen (secondary N) is 3. The lowest BCUT2D eigenvalue weighted by atomic mass is 9.74. The van der Waals surface area contributed by atoms with Crippen LogP contribution in [0.15, 0.2) is 24.3 Å². The first-order valence-corrected chi connectivity index (χ1v) is 5.84. The van der Waals surface area contributed by atoms with E-state index in [0.29, 0.717) is 11.5 Å². The Bertz CT molecular complexity index is 722. The van der Waals surface area contributed by atoms with E-state index < -0.39 is 5.41 Å². The van der Waals surface area contributed by atoms with E-state index in [-0.39, 0.29) is 18.2 Å². The molecule has 0 aliphatic carbocycles. The lowest BCUT2D eigenvalue weighted by Crippen LogP contribution is -2.43. The summed E-state index contributed by atoms with van der Waals surface area (Å²) in [4.78, 5) is 24.3. The Hall–Kier alpha value is -2.70. The summed E-state index contributed by atoms with van der Waals surface area (Å²) in [6, 6.07) is 7.33. The fourth-order valence-electron chi connectivity index (χ4n) is 2.85. The third-order valence-corrected chi connectivity index (χ3v) is 3.67. The van der Waals surface area contributed by atoms with Gasteiger partial charge >= 0.3 is 0 Å². The van der Waals surface area contributed by atoms with Crippen LogP contribution in [0.3, 0.4) is 0 Å². The van der Waals surface area contributed by atoms with Crippen molar-refractivity contribution >= 4 is 23.3 Å². The number of aromatic nitrogens is 3. The molecule has 1 aromatic carbocycles. The molecule has 3 N–H and O–H groups in total. The molecule has 0 fully saturated rings. The zero-order valence-corrected chi connectivity index (χ0v) is 9.73. The van der Waals surface area contributed by atoms with Gasteiger partial charge in [0.1, 0.15) is 11.1 Å². The zero-order chi connectivity index (χ0) is 13.0. The number of H-pyrrole nitrogens is 1. The molecule has 2 amide bonds. The molecule has 2 aliphatic heterocycles.